The monoisotopic (exact) mass is 229 g/mol. The molecule has 96 valence electrons. The second-order valence-electron chi connectivity index (χ2n) is 5.32. The molecule has 0 aliphatic rings. The lowest BCUT2D eigenvalue weighted by atomic mass is 9.85. The summed E-state index contributed by atoms with van der Waals surface area (Å²) in [6.45, 7) is 13.8. The molecule has 0 radical (unpaired) electrons. The Labute approximate surface area is 99.9 Å². The molecule has 0 aromatic rings. The summed E-state index contributed by atoms with van der Waals surface area (Å²) in [6, 6.07) is 0. The van der Waals surface area contributed by atoms with Crippen molar-refractivity contribution in [2.24, 2.45) is 17.8 Å². The van der Waals surface area contributed by atoms with Crippen molar-refractivity contribution in [1.29, 1.82) is 0 Å². The number of rotatable bonds is 7. The third-order valence-electron chi connectivity index (χ3n) is 2.73. The fraction of sp³-hybridized carbons (Fsp3) is 0.923. The quantitative estimate of drug-likeness (QED) is 0.681. The summed E-state index contributed by atoms with van der Waals surface area (Å²) in [5.74, 6) is 1.70. The van der Waals surface area contributed by atoms with Crippen molar-refractivity contribution in [1.82, 2.24) is 5.32 Å². The van der Waals surface area contributed by atoms with E-state index >= 15 is 0 Å². The van der Waals surface area contributed by atoms with Crippen molar-refractivity contribution in [2.75, 3.05) is 13.1 Å². The molecule has 0 fully saturated rings. The van der Waals surface area contributed by atoms with Crippen LogP contribution in [0, 0.1) is 17.8 Å². The number of ether oxygens (including phenoxy) is 1. The molecule has 0 aromatic heterocycles. The molecule has 3 heteroatoms. The van der Waals surface area contributed by atoms with E-state index in [-0.39, 0.29) is 12.1 Å². The summed E-state index contributed by atoms with van der Waals surface area (Å²) in [5.41, 5.74) is 0. The van der Waals surface area contributed by atoms with Crippen LogP contribution >= 0.6 is 0 Å². The second kappa shape index (κ2) is 7.66. The van der Waals surface area contributed by atoms with Crippen LogP contribution in [-0.2, 0) is 9.53 Å². The van der Waals surface area contributed by atoms with Gasteiger partial charge in [0.25, 0.3) is 0 Å². The Morgan fingerprint density at radius 2 is 1.56 bits per heavy atom. The van der Waals surface area contributed by atoms with Gasteiger partial charge in [-0.2, -0.15) is 0 Å². The molecule has 16 heavy (non-hydrogen) atoms. The van der Waals surface area contributed by atoms with Gasteiger partial charge < -0.3 is 10.1 Å². The summed E-state index contributed by atoms with van der Waals surface area (Å²) in [4.78, 5) is 11.3. The summed E-state index contributed by atoms with van der Waals surface area (Å²) >= 11 is 0. The molecule has 0 aliphatic heterocycles. The predicted molar refractivity (Wildman–Crippen MR) is 67.3 cm³/mol. The van der Waals surface area contributed by atoms with Crippen LogP contribution in [0.15, 0.2) is 0 Å². The molecule has 0 saturated carbocycles. The molecule has 0 spiro atoms. The molecule has 0 atom stereocenters. The zero-order valence-electron chi connectivity index (χ0n) is 11.5. The Kier molecular flexibility index (Phi) is 7.39. The van der Waals surface area contributed by atoms with Crippen molar-refractivity contribution in [3.63, 3.8) is 0 Å². The third kappa shape index (κ3) is 6.83. The molecule has 0 aliphatic carbocycles. The van der Waals surface area contributed by atoms with Crippen LogP contribution in [0.1, 0.15) is 41.5 Å². The number of hydrogen-bond acceptors (Lipinski definition) is 3. The van der Waals surface area contributed by atoms with Gasteiger partial charge in [0.05, 0.1) is 12.6 Å². The predicted octanol–water partition coefficient (Wildman–Crippen LogP) is 2.46. The summed E-state index contributed by atoms with van der Waals surface area (Å²) in [6.07, 6.45) is -0.0275. The van der Waals surface area contributed by atoms with Crippen LogP contribution in [0.2, 0.25) is 0 Å². The zero-order valence-corrected chi connectivity index (χ0v) is 11.5. The van der Waals surface area contributed by atoms with Crippen molar-refractivity contribution >= 4 is 5.97 Å². The van der Waals surface area contributed by atoms with Gasteiger partial charge in [0.1, 0.15) is 0 Å². The van der Waals surface area contributed by atoms with E-state index in [0.717, 1.165) is 6.54 Å². The molecule has 0 heterocycles. The molecule has 0 saturated heterocycles. The van der Waals surface area contributed by atoms with Crippen LogP contribution < -0.4 is 5.32 Å². The third-order valence-corrected chi connectivity index (χ3v) is 2.73. The van der Waals surface area contributed by atoms with Gasteiger partial charge in [-0.1, -0.05) is 27.7 Å². The smallest absolute Gasteiger partial charge is 0.320 e. The van der Waals surface area contributed by atoms with E-state index < -0.39 is 0 Å². The number of carbonyl (C=O) groups excluding carboxylic acids is 1. The largest absolute Gasteiger partial charge is 0.462 e. The highest BCUT2D eigenvalue weighted by atomic mass is 16.5. The number of esters is 1. The topological polar surface area (TPSA) is 38.3 Å². The van der Waals surface area contributed by atoms with Gasteiger partial charge in [0.15, 0.2) is 0 Å². The van der Waals surface area contributed by atoms with E-state index in [1.54, 1.807) is 0 Å². The lowest BCUT2D eigenvalue weighted by Crippen LogP contribution is -2.34. The second-order valence-corrected chi connectivity index (χ2v) is 5.32. The Morgan fingerprint density at radius 3 is 1.94 bits per heavy atom. The van der Waals surface area contributed by atoms with Crippen LogP contribution in [0.4, 0.5) is 0 Å². The minimum atomic E-state index is -0.165. The highest BCUT2D eigenvalue weighted by Gasteiger charge is 2.17. The van der Waals surface area contributed by atoms with Gasteiger partial charge >= 0.3 is 5.97 Å². The lowest BCUT2D eigenvalue weighted by Gasteiger charge is -2.25. The SMILES string of the molecule is CC(C)OC(=O)CNCC(C(C)C)C(C)C. The first-order valence-corrected chi connectivity index (χ1v) is 6.24. The molecule has 0 aromatic carbocycles. The van der Waals surface area contributed by atoms with Crippen LogP contribution in [-0.4, -0.2) is 25.2 Å². The molecule has 1 N–H and O–H groups in total. The molecular weight excluding hydrogens is 202 g/mol. The first-order chi connectivity index (χ1) is 7.34. The van der Waals surface area contributed by atoms with Crippen LogP contribution in [0.25, 0.3) is 0 Å². The Morgan fingerprint density at radius 1 is 1.06 bits per heavy atom. The normalized spacial score (nSPS) is 11.9. The highest BCUT2D eigenvalue weighted by Crippen LogP contribution is 2.19. The minimum Gasteiger partial charge on any atom is -0.462 e. The van der Waals surface area contributed by atoms with E-state index in [9.17, 15) is 4.79 Å². The van der Waals surface area contributed by atoms with Crippen molar-refractivity contribution in [3.05, 3.63) is 0 Å². The fourth-order valence-electron chi connectivity index (χ4n) is 1.89. The molecule has 3 nitrogen and oxygen atoms in total. The van der Waals surface area contributed by atoms with E-state index in [1.807, 2.05) is 13.8 Å². The lowest BCUT2D eigenvalue weighted by molar-refractivity contribution is -0.146. The minimum absolute atomic E-state index is 0.0275. The standard InChI is InChI=1S/C13H27NO2/c1-9(2)12(10(3)4)7-14-8-13(15)16-11(5)6/h9-12,14H,7-8H2,1-6H3. The maximum Gasteiger partial charge on any atom is 0.320 e. The van der Waals surface area contributed by atoms with E-state index in [0.29, 0.717) is 24.3 Å². The van der Waals surface area contributed by atoms with Gasteiger partial charge in [-0.3, -0.25) is 4.79 Å². The van der Waals surface area contributed by atoms with E-state index in [4.69, 9.17) is 4.74 Å². The number of nitrogens with one attached hydrogen (secondary N) is 1. The zero-order chi connectivity index (χ0) is 12.7. The number of carbonyl (C=O) groups is 1. The Bertz CT molecular complexity index is 192. The van der Waals surface area contributed by atoms with Gasteiger partial charge in [0, 0.05) is 0 Å². The van der Waals surface area contributed by atoms with Crippen LogP contribution in [0.5, 0.6) is 0 Å². The van der Waals surface area contributed by atoms with Gasteiger partial charge in [-0.15, -0.1) is 0 Å². The molecular formula is C13H27NO2. The molecule has 0 bridgehead atoms. The average Bonchev–Trinajstić information content (AvgIpc) is 2.09. The van der Waals surface area contributed by atoms with E-state index in [2.05, 4.69) is 33.0 Å². The average molecular weight is 229 g/mol. The summed E-state index contributed by atoms with van der Waals surface area (Å²) in [7, 11) is 0. The first-order valence-electron chi connectivity index (χ1n) is 6.24. The van der Waals surface area contributed by atoms with Crippen LogP contribution in [0.3, 0.4) is 0 Å². The van der Waals surface area contributed by atoms with Crippen molar-refractivity contribution in [3.8, 4) is 0 Å². The maximum atomic E-state index is 11.3. The van der Waals surface area contributed by atoms with E-state index in [1.165, 1.54) is 0 Å². The highest BCUT2D eigenvalue weighted by molar-refractivity contribution is 5.71. The summed E-state index contributed by atoms with van der Waals surface area (Å²) < 4.78 is 5.05. The van der Waals surface area contributed by atoms with Gasteiger partial charge in [0.2, 0.25) is 0 Å². The Balaban J connectivity index is 3.82. The fourth-order valence-corrected chi connectivity index (χ4v) is 1.89. The molecule has 0 amide bonds. The summed E-state index contributed by atoms with van der Waals surface area (Å²) in [5, 5.41) is 3.18. The molecule has 0 unspecified atom stereocenters. The van der Waals surface area contributed by atoms with Crippen molar-refractivity contribution in [2.45, 2.75) is 47.6 Å². The first kappa shape index (κ1) is 15.4. The number of hydrogen-bond donors (Lipinski definition) is 1. The van der Waals surface area contributed by atoms with Crippen molar-refractivity contribution < 1.29 is 9.53 Å². The Hall–Kier alpha value is -0.570. The van der Waals surface area contributed by atoms with Gasteiger partial charge in [-0.05, 0) is 38.1 Å². The maximum absolute atomic E-state index is 11.3. The van der Waals surface area contributed by atoms with Gasteiger partial charge in [-0.25, -0.2) is 0 Å². The molecule has 0 rings (SSSR count).